The van der Waals surface area contributed by atoms with Crippen LogP contribution < -0.4 is 15.8 Å². The summed E-state index contributed by atoms with van der Waals surface area (Å²) in [7, 11) is 1.55. The molecule has 25 heavy (non-hydrogen) atoms. The number of pyridine rings is 1. The molecule has 0 bridgehead atoms. The SMILES string of the molecule is CC[C@H](Cn1c(=O)oc2cccnc21)NC(=O)c1cccc(OC)c1. The van der Waals surface area contributed by atoms with Crippen molar-refractivity contribution in [2.75, 3.05) is 7.11 Å². The zero-order valence-electron chi connectivity index (χ0n) is 14.1. The lowest BCUT2D eigenvalue weighted by molar-refractivity contribution is 0.0931. The van der Waals surface area contributed by atoms with Crippen molar-refractivity contribution in [1.82, 2.24) is 14.9 Å². The van der Waals surface area contributed by atoms with Crippen LogP contribution in [0.4, 0.5) is 0 Å². The van der Waals surface area contributed by atoms with Gasteiger partial charge >= 0.3 is 5.76 Å². The number of carbonyl (C=O) groups excluding carboxylic acids is 1. The molecule has 2 heterocycles. The topological polar surface area (TPSA) is 86.4 Å². The van der Waals surface area contributed by atoms with Crippen molar-refractivity contribution in [1.29, 1.82) is 0 Å². The number of rotatable bonds is 6. The van der Waals surface area contributed by atoms with Gasteiger partial charge in [0.15, 0.2) is 11.2 Å². The molecule has 0 aliphatic heterocycles. The smallest absolute Gasteiger partial charge is 0.421 e. The maximum Gasteiger partial charge on any atom is 0.421 e. The van der Waals surface area contributed by atoms with Crippen molar-refractivity contribution in [3.63, 3.8) is 0 Å². The molecule has 7 heteroatoms. The van der Waals surface area contributed by atoms with E-state index in [0.717, 1.165) is 0 Å². The Balaban J connectivity index is 1.79. The van der Waals surface area contributed by atoms with Crippen LogP contribution in [0.1, 0.15) is 23.7 Å². The molecule has 0 aliphatic rings. The molecule has 2 aromatic heterocycles. The highest BCUT2D eigenvalue weighted by atomic mass is 16.5. The average molecular weight is 341 g/mol. The minimum absolute atomic E-state index is 0.223. The highest BCUT2D eigenvalue weighted by Gasteiger charge is 2.17. The first-order valence-corrected chi connectivity index (χ1v) is 8.01. The number of oxazole rings is 1. The number of hydrogen-bond acceptors (Lipinski definition) is 5. The summed E-state index contributed by atoms with van der Waals surface area (Å²) in [4.78, 5) is 28.7. The second kappa shape index (κ2) is 7.21. The molecule has 0 saturated heterocycles. The van der Waals surface area contributed by atoms with Gasteiger partial charge in [-0.2, -0.15) is 0 Å². The Kier molecular flexibility index (Phi) is 4.83. The summed E-state index contributed by atoms with van der Waals surface area (Å²) in [6.07, 6.45) is 2.26. The summed E-state index contributed by atoms with van der Waals surface area (Å²) >= 11 is 0. The van der Waals surface area contributed by atoms with Crippen LogP contribution in [0.2, 0.25) is 0 Å². The molecule has 130 valence electrons. The standard InChI is InChI=1S/C18H19N3O4/c1-3-13(20-17(22)12-6-4-7-14(10-12)24-2)11-21-16-15(25-18(21)23)8-5-9-19-16/h4-10,13H,3,11H2,1-2H3,(H,20,22)/t13-/m1/s1. The number of aromatic nitrogens is 2. The Hall–Kier alpha value is -3.09. The van der Waals surface area contributed by atoms with Crippen molar-refractivity contribution in [2.24, 2.45) is 0 Å². The number of methoxy groups -OCH3 is 1. The first-order valence-electron chi connectivity index (χ1n) is 8.01. The molecule has 3 aromatic rings. The Morgan fingerprint density at radius 2 is 2.20 bits per heavy atom. The van der Waals surface area contributed by atoms with Crippen LogP contribution in [0.3, 0.4) is 0 Å². The summed E-state index contributed by atoms with van der Waals surface area (Å²) in [5.41, 5.74) is 1.41. The lowest BCUT2D eigenvalue weighted by atomic mass is 10.1. The van der Waals surface area contributed by atoms with Crippen LogP contribution in [0.15, 0.2) is 51.8 Å². The lowest BCUT2D eigenvalue weighted by Crippen LogP contribution is -2.39. The summed E-state index contributed by atoms with van der Waals surface area (Å²) in [6, 6.07) is 10.1. The van der Waals surface area contributed by atoms with E-state index in [9.17, 15) is 9.59 Å². The monoisotopic (exact) mass is 341 g/mol. The third kappa shape index (κ3) is 3.55. The van der Waals surface area contributed by atoms with Gasteiger partial charge in [-0.3, -0.25) is 9.36 Å². The molecule has 1 N–H and O–H groups in total. The van der Waals surface area contributed by atoms with Gasteiger partial charge in [-0.1, -0.05) is 13.0 Å². The summed E-state index contributed by atoms with van der Waals surface area (Å²) < 4.78 is 11.8. The number of carbonyl (C=O) groups is 1. The summed E-state index contributed by atoms with van der Waals surface area (Å²) in [6.45, 7) is 2.23. The van der Waals surface area contributed by atoms with Crippen molar-refractivity contribution >= 4 is 17.1 Å². The van der Waals surface area contributed by atoms with Crippen molar-refractivity contribution < 1.29 is 13.9 Å². The number of nitrogens with zero attached hydrogens (tertiary/aromatic N) is 2. The van der Waals surface area contributed by atoms with E-state index in [1.165, 1.54) is 4.57 Å². The zero-order valence-corrected chi connectivity index (χ0v) is 14.1. The molecule has 3 rings (SSSR count). The van der Waals surface area contributed by atoms with E-state index in [0.29, 0.717) is 29.0 Å². The number of ether oxygens (including phenoxy) is 1. The minimum atomic E-state index is -0.484. The van der Waals surface area contributed by atoms with Crippen LogP contribution in [-0.2, 0) is 6.54 Å². The van der Waals surface area contributed by atoms with Gasteiger partial charge in [0.2, 0.25) is 0 Å². The second-order valence-corrected chi connectivity index (χ2v) is 5.61. The molecule has 0 saturated carbocycles. The Bertz CT molecular complexity index is 945. The quantitative estimate of drug-likeness (QED) is 0.743. The van der Waals surface area contributed by atoms with E-state index >= 15 is 0 Å². The highest BCUT2D eigenvalue weighted by molar-refractivity contribution is 5.94. The predicted molar refractivity (Wildman–Crippen MR) is 92.8 cm³/mol. The largest absolute Gasteiger partial charge is 0.497 e. The van der Waals surface area contributed by atoms with E-state index in [4.69, 9.17) is 9.15 Å². The van der Waals surface area contributed by atoms with Gasteiger partial charge in [-0.25, -0.2) is 9.78 Å². The van der Waals surface area contributed by atoms with E-state index in [-0.39, 0.29) is 18.5 Å². The van der Waals surface area contributed by atoms with Crippen molar-refractivity contribution in [3.8, 4) is 5.75 Å². The molecular formula is C18H19N3O4. The maximum absolute atomic E-state index is 12.5. The first kappa shape index (κ1) is 16.8. The molecule has 0 spiro atoms. The van der Waals surface area contributed by atoms with Crippen LogP contribution in [0.5, 0.6) is 5.75 Å². The van der Waals surface area contributed by atoms with Crippen LogP contribution >= 0.6 is 0 Å². The fraction of sp³-hybridized carbons (Fsp3) is 0.278. The summed E-state index contributed by atoms with van der Waals surface area (Å²) in [5.74, 6) is -0.0933. The van der Waals surface area contributed by atoms with E-state index in [1.54, 1.807) is 49.7 Å². The van der Waals surface area contributed by atoms with Gasteiger partial charge in [0.05, 0.1) is 13.7 Å². The Morgan fingerprint density at radius 3 is 2.96 bits per heavy atom. The highest BCUT2D eigenvalue weighted by Crippen LogP contribution is 2.13. The molecule has 1 aromatic carbocycles. The Morgan fingerprint density at radius 1 is 1.36 bits per heavy atom. The van der Waals surface area contributed by atoms with Gasteiger partial charge in [0, 0.05) is 17.8 Å². The number of nitrogens with one attached hydrogen (secondary N) is 1. The molecule has 7 nitrogen and oxygen atoms in total. The lowest BCUT2D eigenvalue weighted by Gasteiger charge is -2.17. The van der Waals surface area contributed by atoms with Crippen LogP contribution in [0.25, 0.3) is 11.2 Å². The minimum Gasteiger partial charge on any atom is -0.497 e. The van der Waals surface area contributed by atoms with Gasteiger partial charge < -0.3 is 14.5 Å². The van der Waals surface area contributed by atoms with Gasteiger partial charge in [0.25, 0.3) is 5.91 Å². The van der Waals surface area contributed by atoms with Gasteiger partial charge in [-0.15, -0.1) is 0 Å². The second-order valence-electron chi connectivity index (χ2n) is 5.61. The molecule has 1 atom stereocenters. The summed E-state index contributed by atoms with van der Waals surface area (Å²) in [5, 5.41) is 2.94. The molecule has 0 aliphatic carbocycles. The van der Waals surface area contributed by atoms with Gasteiger partial charge in [0.1, 0.15) is 5.75 Å². The number of hydrogen-bond donors (Lipinski definition) is 1. The third-order valence-corrected chi connectivity index (χ3v) is 3.99. The zero-order chi connectivity index (χ0) is 17.8. The van der Waals surface area contributed by atoms with E-state index < -0.39 is 5.76 Å². The van der Waals surface area contributed by atoms with Gasteiger partial charge in [-0.05, 0) is 36.8 Å². The fourth-order valence-corrected chi connectivity index (χ4v) is 2.59. The van der Waals surface area contributed by atoms with E-state index in [2.05, 4.69) is 10.3 Å². The van der Waals surface area contributed by atoms with Crippen LogP contribution in [0, 0.1) is 0 Å². The number of amides is 1. The van der Waals surface area contributed by atoms with E-state index in [1.807, 2.05) is 6.92 Å². The van der Waals surface area contributed by atoms with Crippen molar-refractivity contribution in [2.45, 2.75) is 25.9 Å². The number of benzene rings is 1. The normalized spacial score (nSPS) is 12.1. The molecular weight excluding hydrogens is 322 g/mol. The molecule has 0 fully saturated rings. The average Bonchev–Trinajstić information content (AvgIpc) is 2.96. The molecule has 0 radical (unpaired) electrons. The predicted octanol–water partition coefficient (Wildman–Crippen LogP) is 2.21. The van der Waals surface area contributed by atoms with Crippen LogP contribution in [-0.4, -0.2) is 28.6 Å². The molecule has 1 amide bonds. The Labute approximate surface area is 144 Å². The fourth-order valence-electron chi connectivity index (χ4n) is 2.59. The third-order valence-electron chi connectivity index (χ3n) is 3.99. The maximum atomic E-state index is 12.5. The number of fused-ring (bicyclic) bond motifs is 1. The first-order chi connectivity index (χ1) is 12.1. The molecule has 0 unspecified atom stereocenters. The van der Waals surface area contributed by atoms with Crippen molar-refractivity contribution in [3.05, 3.63) is 58.7 Å².